The molecular weight excluding hydrogens is 300 g/mol. The maximum atomic E-state index is 11.8. The summed E-state index contributed by atoms with van der Waals surface area (Å²) >= 11 is 0. The molecule has 1 rings (SSSR count). The van der Waals surface area contributed by atoms with E-state index in [0.717, 1.165) is 17.2 Å². The number of benzene rings is 1. The van der Waals surface area contributed by atoms with E-state index >= 15 is 0 Å². The molecule has 0 unspecified atom stereocenters. The van der Waals surface area contributed by atoms with Gasteiger partial charge in [0.2, 0.25) is 5.91 Å². The van der Waals surface area contributed by atoms with Gasteiger partial charge in [0.25, 0.3) is 0 Å². The van der Waals surface area contributed by atoms with Gasteiger partial charge in [-0.3, -0.25) is 4.79 Å². The van der Waals surface area contributed by atoms with Crippen LogP contribution in [0.5, 0.6) is 0 Å². The maximum Gasteiger partial charge on any atom is 0.354 e. The minimum Gasteiger partial charge on any atom is -0.466 e. The summed E-state index contributed by atoms with van der Waals surface area (Å²) in [6.07, 6.45) is 0.985. The Bertz CT molecular complexity index is 665. The first-order valence-electron chi connectivity index (χ1n) is 6.82. The van der Waals surface area contributed by atoms with Crippen molar-refractivity contribution in [3.63, 3.8) is 0 Å². The first kappa shape index (κ1) is 18.2. The predicted molar refractivity (Wildman–Crippen MR) is 86.0 cm³/mol. The van der Waals surface area contributed by atoms with Gasteiger partial charge in [0.15, 0.2) is 0 Å². The zero-order valence-electron chi connectivity index (χ0n) is 13.8. The molecule has 1 aromatic rings. The zero-order chi connectivity index (χ0) is 17.6. The van der Waals surface area contributed by atoms with E-state index in [1.54, 1.807) is 12.1 Å². The lowest BCUT2D eigenvalue weighted by Crippen LogP contribution is -2.17. The molecule has 0 aliphatic rings. The molecule has 1 amide bonds. The van der Waals surface area contributed by atoms with Gasteiger partial charge in [-0.15, -0.1) is 0 Å². The second kappa shape index (κ2) is 7.98. The van der Waals surface area contributed by atoms with Gasteiger partial charge in [-0.25, -0.2) is 9.59 Å². The predicted octanol–water partition coefficient (Wildman–Crippen LogP) is 1.90. The number of aryl methyl sites for hydroxylation is 2. The number of carbonyl (C=O) groups is 3. The Balaban J connectivity index is 3.29. The Morgan fingerprint density at radius 3 is 1.91 bits per heavy atom. The Morgan fingerprint density at radius 2 is 1.48 bits per heavy atom. The lowest BCUT2D eigenvalue weighted by atomic mass is 10.1. The van der Waals surface area contributed by atoms with Crippen molar-refractivity contribution in [3.05, 3.63) is 35.0 Å². The largest absolute Gasteiger partial charge is 0.466 e. The first-order chi connectivity index (χ1) is 10.8. The highest BCUT2D eigenvalue weighted by Gasteiger charge is 2.15. The van der Waals surface area contributed by atoms with Crippen LogP contribution in [0.3, 0.4) is 0 Å². The SMILES string of the molecule is COC(=O)/C=C(/Nc1cc(C)c(C)cc1NC(C)=O)C(=O)OC. The van der Waals surface area contributed by atoms with Crippen molar-refractivity contribution in [2.45, 2.75) is 20.8 Å². The van der Waals surface area contributed by atoms with E-state index in [4.69, 9.17) is 0 Å². The van der Waals surface area contributed by atoms with E-state index in [1.807, 2.05) is 13.8 Å². The number of anilines is 2. The van der Waals surface area contributed by atoms with E-state index in [9.17, 15) is 14.4 Å². The van der Waals surface area contributed by atoms with Crippen molar-refractivity contribution in [1.82, 2.24) is 0 Å². The van der Waals surface area contributed by atoms with Crippen molar-refractivity contribution in [2.24, 2.45) is 0 Å². The summed E-state index contributed by atoms with van der Waals surface area (Å²) in [6.45, 7) is 5.17. The van der Waals surface area contributed by atoms with Gasteiger partial charge in [-0.1, -0.05) is 0 Å². The molecule has 0 saturated heterocycles. The van der Waals surface area contributed by atoms with E-state index < -0.39 is 11.9 Å². The summed E-state index contributed by atoms with van der Waals surface area (Å²) < 4.78 is 9.16. The number of ether oxygens (including phenoxy) is 2. The van der Waals surface area contributed by atoms with Crippen LogP contribution in [0.1, 0.15) is 18.1 Å². The molecule has 1 aromatic carbocycles. The third-order valence-corrected chi connectivity index (χ3v) is 3.08. The van der Waals surface area contributed by atoms with Crippen LogP contribution in [0.25, 0.3) is 0 Å². The van der Waals surface area contributed by atoms with Crippen molar-refractivity contribution < 1.29 is 23.9 Å². The lowest BCUT2D eigenvalue weighted by Gasteiger charge is -2.16. The number of nitrogens with one attached hydrogen (secondary N) is 2. The number of hydrogen-bond donors (Lipinski definition) is 2. The summed E-state index contributed by atoms with van der Waals surface area (Å²) in [5.74, 6) is -1.70. The smallest absolute Gasteiger partial charge is 0.354 e. The third kappa shape index (κ3) is 5.14. The van der Waals surface area contributed by atoms with Gasteiger partial charge in [0.1, 0.15) is 5.70 Å². The molecule has 0 fully saturated rings. The van der Waals surface area contributed by atoms with Crippen molar-refractivity contribution in [3.8, 4) is 0 Å². The highest BCUT2D eigenvalue weighted by atomic mass is 16.5. The molecule has 0 radical (unpaired) electrons. The van der Waals surface area contributed by atoms with E-state index in [-0.39, 0.29) is 11.6 Å². The average Bonchev–Trinajstić information content (AvgIpc) is 2.49. The van der Waals surface area contributed by atoms with Crippen LogP contribution in [-0.4, -0.2) is 32.1 Å². The van der Waals surface area contributed by atoms with Gasteiger partial charge >= 0.3 is 11.9 Å². The van der Waals surface area contributed by atoms with Crippen LogP contribution in [-0.2, 0) is 23.9 Å². The molecule has 0 aromatic heterocycles. The Kier molecular flexibility index (Phi) is 6.32. The minimum absolute atomic E-state index is 0.103. The molecule has 7 nitrogen and oxygen atoms in total. The van der Waals surface area contributed by atoms with Crippen molar-refractivity contribution >= 4 is 29.2 Å². The van der Waals surface area contributed by atoms with Gasteiger partial charge in [0, 0.05) is 6.92 Å². The lowest BCUT2D eigenvalue weighted by molar-refractivity contribution is -0.138. The molecule has 0 heterocycles. The van der Waals surface area contributed by atoms with Crippen LogP contribution < -0.4 is 10.6 Å². The fraction of sp³-hybridized carbons (Fsp3) is 0.312. The highest BCUT2D eigenvalue weighted by molar-refractivity contribution is 6.00. The topological polar surface area (TPSA) is 93.7 Å². The quantitative estimate of drug-likeness (QED) is 0.636. The van der Waals surface area contributed by atoms with Gasteiger partial charge in [-0.2, -0.15) is 0 Å². The standard InChI is InChI=1S/C16H20N2O5/c1-9-6-12(17-11(3)19)13(7-10(9)2)18-14(16(21)23-5)8-15(20)22-4/h6-8,18H,1-5H3,(H,17,19)/b14-8+. The van der Waals surface area contributed by atoms with Gasteiger partial charge in [-0.05, 0) is 37.1 Å². The molecule has 23 heavy (non-hydrogen) atoms. The molecule has 0 bridgehead atoms. The second-order valence-electron chi connectivity index (χ2n) is 4.86. The molecule has 2 N–H and O–H groups in total. The zero-order valence-corrected chi connectivity index (χ0v) is 13.8. The molecule has 0 aliphatic carbocycles. The van der Waals surface area contributed by atoms with Crippen LogP contribution in [0.4, 0.5) is 11.4 Å². The number of methoxy groups -OCH3 is 2. The van der Waals surface area contributed by atoms with Crippen LogP contribution in [0, 0.1) is 13.8 Å². The number of rotatable bonds is 5. The fourth-order valence-electron chi connectivity index (χ4n) is 1.79. The second-order valence-corrected chi connectivity index (χ2v) is 4.86. The van der Waals surface area contributed by atoms with Crippen molar-refractivity contribution in [2.75, 3.05) is 24.9 Å². The summed E-state index contributed by atoms with van der Waals surface area (Å²) in [5, 5.41) is 5.48. The van der Waals surface area contributed by atoms with E-state index in [0.29, 0.717) is 11.4 Å². The Hall–Kier alpha value is -2.83. The highest BCUT2D eigenvalue weighted by Crippen LogP contribution is 2.27. The summed E-state index contributed by atoms with van der Waals surface area (Å²) in [5.41, 5.74) is 2.76. The van der Waals surface area contributed by atoms with Crippen LogP contribution in [0.2, 0.25) is 0 Å². The molecule has 124 valence electrons. The Labute approximate surface area is 134 Å². The van der Waals surface area contributed by atoms with Crippen molar-refractivity contribution in [1.29, 1.82) is 0 Å². The van der Waals surface area contributed by atoms with E-state index in [2.05, 4.69) is 20.1 Å². The molecule has 7 heteroatoms. The molecular formula is C16H20N2O5. The summed E-state index contributed by atoms with van der Waals surface area (Å²) in [4.78, 5) is 34.5. The summed E-state index contributed by atoms with van der Waals surface area (Å²) in [6, 6.07) is 3.53. The third-order valence-electron chi connectivity index (χ3n) is 3.08. The molecule has 0 saturated carbocycles. The number of amides is 1. The van der Waals surface area contributed by atoms with Crippen LogP contribution >= 0.6 is 0 Å². The van der Waals surface area contributed by atoms with Gasteiger partial charge < -0.3 is 20.1 Å². The normalized spacial score (nSPS) is 10.7. The van der Waals surface area contributed by atoms with Crippen LogP contribution in [0.15, 0.2) is 23.9 Å². The number of esters is 2. The molecule has 0 spiro atoms. The van der Waals surface area contributed by atoms with E-state index in [1.165, 1.54) is 21.1 Å². The molecule has 0 atom stereocenters. The average molecular weight is 320 g/mol. The summed E-state index contributed by atoms with van der Waals surface area (Å²) in [7, 11) is 2.40. The maximum absolute atomic E-state index is 11.8. The number of carbonyl (C=O) groups excluding carboxylic acids is 3. The monoisotopic (exact) mass is 320 g/mol. The van der Waals surface area contributed by atoms with Gasteiger partial charge in [0.05, 0.1) is 31.7 Å². The minimum atomic E-state index is -0.734. The Morgan fingerprint density at radius 1 is 0.957 bits per heavy atom. The molecule has 0 aliphatic heterocycles. The fourth-order valence-corrected chi connectivity index (χ4v) is 1.79. The number of hydrogen-bond acceptors (Lipinski definition) is 6. The first-order valence-corrected chi connectivity index (χ1v) is 6.82.